The van der Waals surface area contributed by atoms with Crippen LogP contribution >= 0.6 is 22.6 Å². The maximum Gasteiger partial charge on any atom is 0.331 e. The van der Waals surface area contributed by atoms with Gasteiger partial charge in [0.2, 0.25) is 0 Å². The topological polar surface area (TPSA) is 55.1 Å². The molecule has 5 heteroatoms. The Kier molecular flexibility index (Phi) is 2.65. The maximum atomic E-state index is 10.9. The lowest BCUT2D eigenvalue weighted by Gasteiger charge is -2.21. The van der Waals surface area contributed by atoms with E-state index in [1.807, 2.05) is 6.92 Å². The molecule has 1 rings (SSSR count). The highest BCUT2D eigenvalue weighted by Crippen LogP contribution is 2.20. The lowest BCUT2D eigenvalue weighted by Crippen LogP contribution is -2.37. The van der Waals surface area contributed by atoms with Crippen LogP contribution in [0.2, 0.25) is 0 Å². The number of carbonyl (C=O) groups is 1. The Balaban J connectivity index is 3.22. The lowest BCUT2D eigenvalue weighted by atomic mass is 10.1. The molecule has 0 aliphatic heterocycles. The highest BCUT2D eigenvalue weighted by Gasteiger charge is 2.31. The van der Waals surface area contributed by atoms with Crippen LogP contribution in [0.25, 0.3) is 0 Å². The number of hydrogen-bond donors (Lipinski definition) is 1. The van der Waals surface area contributed by atoms with Crippen LogP contribution in [0.1, 0.15) is 19.5 Å². The first kappa shape index (κ1) is 10.5. The third-order valence-corrected chi connectivity index (χ3v) is 3.06. The van der Waals surface area contributed by atoms with E-state index < -0.39 is 11.5 Å². The smallest absolute Gasteiger partial charge is 0.331 e. The molecule has 4 nitrogen and oxygen atoms in total. The second-order valence-corrected chi connectivity index (χ2v) is 4.52. The molecule has 0 atom stereocenters. The Bertz CT molecular complexity index is 344. The third kappa shape index (κ3) is 1.70. The van der Waals surface area contributed by atoms with Crippen LogP contribution in [-0.2, 0) is 10.3 Å². The van der Waals surface area contributed by atoms with Gasteiger partial charge in [0, 0.05) is 5.69 Å². The predicted molar refractivity (Wildman–Crippen MR) is 56.6 cm³/mol. The minimum absolute atomic E-state index is 0.880. The van der Waals surface area contributed by atoms with Crippen molar-refractivity contribution in [1.29, 1.82) is 0 Å². The largest absolute Gasteiger partial charge is 0.479 e. The van der Waals surface area contributed by atoms with Crippen molar-refractivity contribution >= 4 is 28.6 Å². The molecule has 0 saturated heterocycles. The Morgan fingerprint density at radius 3 is 2.54 bits per heavy atom. The fourth-order valence-electron chi connectivity index (χ4n) is 1.04. The molecule has 0 bridgehead atoms. The average Bonchev–Trinajstić information content (AvgIpc) is 2.33. The number of aromatic nitrogens is 2. The molecule has 0 radical (unpaired) electrons. The molecule has 0 spiro atoms. The highest BCUT2D eigenvalue weighted by atomic mass is 127. The second-order valence-electron chi connectivity index (χ2n) is 3.35. The van der Waals surface area contributed by atoms with Gasteiger partial charge >= 0.3 is 5.97 Å². The van der Waals surface area contributed by atoms with E-state index in [-0.39, 0.29) is 0 Å². The molecule has 0 unspecified atom stereocenters. The number of rotatable bonds is 2. The molecule has 1 aromatic rings. The van der Waals surface area contributed by atoms with Crippen LogP contribution in [0.3, 0.4) is 0 Å². The SMILES string of the molecule is Cc1c(I)cnn1C(C)(C)C(=O)O. The molecule has 72 valence electrons. The molecule has 0 aromatic carbocycles. The van der Waals surface area contributed by atoms with Gasteiger partial charge in [-0.25, -0.2) is 4.79 Å². The first-order chi connectivity index (χ1) is 5.87. The summed E-state index contributed by atoms with van der Waals surface area (Å²) in [5, 5.41) is 13.0. The van der Waals surface area contributed by atoms with Crippen molar-refractivity contribution in [2.45, 2.75) is 26.3 Å². The number of aliphatic carboxylic acids is 1. The van der Waals surface area contributed by atoms with E-state index in [2.05, 4.69) is 27.7 Å². The van der Waals surface area contributed by atoms with Crippen LogP contribution in [0.15, 0.2) is 6.20 Å². The number of carboxylic acid groups (broad SMARTS) is 1. The van der Waals surface area contributed by atoms with E-state index in [1.54, 1.807) is 20.0 Å². The Morgan fingerprint density at radius 1 is 1.69 bits per heavy atom. The molecule has 0 amide bonds. The number of halogens is 1. The molecule has 0 saturated carbocycles. The van der Waals surface area contributed by atoms with Gasteiger partial charge in [0.25, 0.3) is 0 Å². The molecule has 1 aromatic heterocycles. The van der Waals surface area contributed by atoms with Gasteiger partial charge in [0.1, 0.15) is 0 Å². The summed E-state index contributed by atoms with van der Waals surface area (Å²) < 4.78 is 2.50. The van der Waals surface area contributed by atoms with E-state index in [4.69, 9.17) is 5.11 Å². The fraction of sp³-hybridized carbons (Fsp3) is 0.500. The summed E-state index contributed by atoms with van der Waals surface area (Å²) in [6.45, 7) is 5.12. The summed E-state index contributed by atoms with van der Waals surface area (Å²) >= 11 is 2.13. The van der Waals surface area contributed by atoms with E-state index in [0.29, 0.717) is 0 Å². The summed E-state index contributed by atoms with van der Waals surface area (Å²) in [4.78, 5) is 10.9. The van der Waals surface area contributed by atoms with Gasteiger partial charge in [-0.3, -0.25) is 4.68 Å². The summed E-state index contributed by atoms with van der Waals surface area (Å²) in [6, 6.07) is 0. The quantitative estimate of drug-likeness (QED) is 0.843. The molecule has 0 fully saturated rings. The Hall–Kier alpha value is -0.590. The molecule has 13 heavy (non-hydrogen) atoms. The molecule has 1 heterocycles. The Morgan fingerprint density at radius 2 is 2.23 bits per heavy atom. The van der Waals surface area contributed by atoms with Gasteiger partial charge in [-0.2, -0.15) is 5.10 Å². The zero-order chi connectivity index (χ0) is 10.2. The summed E-state index contributed by atoms with van der Waals surface area (Å²) in [5.41, 5.74) is -0.0963. The van der Waals surface area contributed by atoms with Gasteiger partial charge in [-0.05, 0) is 43.4 Å². The van der Waals surface area contributed by atoms with Gasteiger partial charge in [0.15, 0.2) is 5.54 Å². The van der Waals surface area contributed by atoms with Gasteiger partial charge in [-0.15, -0.1) is 0 Å². The van der Waals surface area contributed by atoms with Crippen LogP contribution in [0.5, 0.6) is 0 Å². The van der Waals surface area contributed by atoms with Gasteiger partial charge in [-0.1, -0.05) is 0 Å². The van der Waals surface area contributed by atoms with Crippen molar-refractivity contribution in [3.8, 4) is 0 Å². The average molecular weight is 294 g/mol. The van der Waals surface area contributed by atoms with E-state index >= 15 is 0 Å². The summed E-state index contributed by atoms with van der Waals surface area (Å²) in [7, 11) is 0. The van der Waals surface area contributed by atoms with Crippen molar-refractivity contribution in [2.24, 2.45) is 0 Å². The monoisotopic (exact) mass is 294 g/mol. The summed E-state index contributed by atoms with van der Waals surface area (Å²) in [6.07, 6.45) is 1.67. The Labute approximate surface area is 90.1 Å². The highest BCUT2D eigenvalue weighted by molar-refractivity contribution is 14.1. The van der Waals surface area contributed by atoms with Crippen LogP contribution in [0.4, 0.5) is 0 Å². The normalized spacial score (nSPS) is 11.7. The number of carboxylic acids is 1. The third-order valence-electron chi connectivity index (χ3n) is 2.00. The first-order valence-corrected chi connectivity index (χ1v) is 4.89. The number of hydrogen-bond acceptors (Lipinski definition) is 2. The molecule has 0 aliphatic rings. The van der Waals surface area contributed by atoms with Crippen LogP contribution in [-0.4, -0.2) is 20.9 Å². The molecule has 1 N–H and O–H groups in total. The lowest BCUT2D eigenvalue weighted by molar-refractivity contribution is -0.146. The molecule has 0 aliphatic carbocycles. The van der Waals surface area contributed by atoms with Gasteiger partial charge in [0.05, 0.1) is 9.77 Å². The number of nitrogens with zero attached hydrogens (tertiary/aromatic N) is 2. The minimum atomic E-state index is -0.979. The van der Waals surface area contributed by atoms with Crippen molar-refractivity contribution in [2.75, 3.05) is 0 Å². The standard InChI is InChI=1S/C8H11IN2O2/c1-5-6(9)4-10-11(5)8(2,3)7(12)13/h4H,1-3H3,(H,12,13). The fourth-order valence-corrected chi connectivity index (χ4v) is 1.40. The predicted octanol–water partition coefficient (Wildman–Crippen LogP) is 1.62. The second kappa shape index (κ2) is 3.28. The van der Waals surface area contributed by atoms with E-state index in [0.717, 1.165) is 9.26 Å². The molecular formula is C8H11IN2O2. The zero-order valence-corrected chi connectivity index (χ0v) is 9.86. The van der Waals surface area contributed by atoms with Crippen LogP contribution in [0, 0.1) is 10.5 Å². The van der Waals surface area contributed by atoms with Crippen molar-refractivity contribution < 1.29 is 9.90 Å². The first-order valence-electron chi connectivity index (χ1n) is 3.81. The van der Waals surface area contributed by atoms with Crippen molar-refractivity contribution in [3.63, 3.8) is 0 Å². The molecular weight excluding hydrogens is 283 g/mol. The zero-order valence-electron chi connectivity index (χ0n) is 7.71. The minimum Gasteiger partial charge on any atom is -0.479 e. The van der Waals surface area contributed by atoms with Crippen molar-refractivity contribution in [3.05, 3.63) is 15.5 Å². The van der Waals surface area contributed by atoms with E-state index in [9.17, 15) is 4.79 Å². The van der Waals surface area contributed by atoms with Crippen LogP contribution < -0.4 is 0 Å². The summed E-state index contributed by atoms with van der Waals surface area (Å²) in [5.74, 6) is -0.880. The maximum absolute atomic E-state index is 10.9. The van der Waals surface area contributed by atoms with Crippen molar-refractivity contribution in [1.82, 2.24) is 9.78 Å². The van der Waals surface area contributed by atoms with Gasteiger partial charge < -0.3 is 5.11 Å². The van der Waals surface area contributed by atoms with E-state index in [1.165, 1.54) is 4.68 Å².